The second kappa shape index (κ2) is 4.78. The van der Waals surface area contributed by atoms with E-state index >= 15 is 0 Å². The van der Waals surface area contributed by atoms with Gasteiger partial charge in [-0.15, -0.1) is 0 Å². The van der Waals surface area contributed by atoms with Crippen LogP contribution in [0.1, 0.15) is 16.1 Å². The van der Waals surface area contributed by atoms with E-state index in [0.29, 0.717) is 5.56 Å². The standard InChI is InChI=1S/C17H13NO2/c1-11-9-13(7-8-18-11)15-4-2-3-12-5-6-14(17(19)20)10-16(12)15/h2-10H,1H3,(H,19,20). The van der Waals surface area contributed by atoms with Crippen molar-refractivity contribution in [2.24, 2.45) is 0 Å². The van der Waals surface area contributed by atoms with Crippen LogP contribution in [0.5, 0.6) is 0 Å². The number of aromatic nitrogens is 1. The molecule has 0 saturated carbocycles. The first-order valence-electron chi connectivity index (χ1n) is 6.34. The average Bonchev–Trinajstić information content (AvgIpc) is 2.46. The number of aryl methyl sites for hydroxylation is 1. The van der Waals surface area contributed by atoms with Crippen LogP contribution in [0.2, 0.25) is 0 Å². The van der Waals surface area contributed by atoms with Crippen LogP contribution in [-0.4, -0.2) is 16.1 Å². The van der Waals surface area contributed by atoms with Gasteiger partial charge in [-0.05, 0) is 53.1 Å². The van der Waals surface area contributed by atoms with Gasteiger partial charge in [0.05, 0.1) is 5.56 Å². The molecule has 0 aliphatic rings. The summed E-state index contributed by atoms with van der Waals surface area (Å²) >= 11 is 0. The fourth-order valence-electron chi connectivity index (χ4n) is 2.37. The molecular formula is C17H13NO2. The van der Waals surface area contributed by atoms with E-state index in [4.69, 9.17) is 5.11 Å². The number of hydrogen-bond donors (Lipinski definition) is 1. The van der Waals surface area contributed by atoms with Gasteiger partial charge in [0.2, 0.25) is 0 Å². The van der Waals surface area contributed by atoms with Gasteiger partial charge < -0.3 is 5.11 Å². The number of carboxylic acid groups (broad SMARTS) is 1. The summed E-state index contributed by atoms with van der Waals surface area (Å²) < 4.78 is 0. The lowest BCUT2D eigenvalue weighted by atomic mass is 9.97. The maximum absolute atomic E-state index is 11.1. The highest BCUT2D eigenvalue weighted by atomic mass is 16.4. The predicted octanol–water partition coefficient (Wildman–Crippen LogP) is 3.91. The van der Waals surface area contributed by atoms with Crippen molar-refractivity contribution in [2.75, 3.05) is 0 Å². The summed E-state index contributed by atoms with van der Waals surface area (Å²) in [6.45, 7) is 1.94. The van der Waals surface area contributed by atoms with Crippen LogP contribution in [0.3, 0.4) is 0 Å². The first kappa shape index (κ1) is 12.4. The number of rotatable bonds is 2. The average molecular weight is 263 g/mol. The number of carbonyl (C=O) groups is 1. The SMILES string of the molecule is Cc1cc(-c2cccc3ccc(C(=O)O)cc23)ccn1. The summed E-state index contributed by atoms with van der Waals surface area (Å²) in [5.41, 5.74) is 3.31. The van der Waals surface area contributed by atoms with E-state index < -0.39 is 5.97 Å². The van der Waals surface area contributed by atoms with Gasteiger partial charge in [-0.1, -0.05) is 24.3 Å². The van der Waals surface area contributed by atoms with Crippen molar-refractivity contribution in [1.82, 2.24) is 4.98 Å². The highest BCUT2D eigenvalue weighted by Gasteiger charge is 2.08. The summed E-state index contributed by atoms with van der Waals surface area (Å²) in [6, 6.07) is 15.1. The van der Waals surface area contributed by atoms with E-state index in [-0.39, 0.29) is 0 Å². The molecule has 3 rings (SSSR count). The third kappa shape index (κ3) is 2.14. The van der Waals surface area contributed by atoms with Crippen molar-refractivity contribution in [3.63, 3.8) is 0 Å². The third-order valence-corrected chi connectivity index (χ3v) is 3.34. The van der Waals surface area contributed by atoms with Gasteiger partial charge in [0.1, 0.15) is 0 Å². The smallest absolute Gasteiger partial charge is 0.335 e. The summed E-state index contributed by atoms with van der Waals surface area (Å²) in [4.78, 5) is 15.3. The highest BCUT2D eigenvalue weighted by Crippen LogP contribution is 2.29. The Morgan fingerprint density at radius 2 is 1.95 bits per heavy atom. The molecular weight excluding hydrogens is 250 g/mol. The molecule has 98 valence electrons. The third-order valence-electron chi connectivity index (χ3n) is 3.34. The zero-order valence-electron chi connectivity index (χ0n) is 11.0. The van der Waals surface area contributed by atoms with E-state index in [9.17, 15) is 4.79 Å². The quantitative estimate of drug-likeness (QED) is 0.762. The number of hydrogen-bond acceptors (Lipinski definition) is 2. The van der Waals surface area contributed by atoms with Crippen LogP contribution in [0.4, 0.5) is 0 Å². The Morgan fingerprint density at radius 3 is 2.70 bits per heavy atom. The number of benzene rings is 2. The van der Waals surface area contributed by atoms with Crippen molar-refractivity contribution in [1.29, 1.82) is 0 Å². The molecule has 1 aromatic heterocycles. The Kier molecular flexibility index (Phi) is 2.95. The number of aromatic carboxylic acids is 1. The Bertz CT molecular complexity index is 809. The van der Waals surface area contributed by atoms with Crippen molar-refractivity contribution in [3.8, 4) is 11.1 Å². The molecule has 0 atom stereocenters. The lowest BCUT2D eigenvalue weighted by molar-refractivity contribution is 0.0697. The minimum Gasteiger partial charge on any atom is -0.478 e. The molecule has 1 N–H and O–H groups in total. The Morgan fingerprint density at radius 1 is 1.10 bits per heavy atom. The van der Waals surface area contributed by atoms with Crippen molar-refractivity contribution in [2.45, 2.75) is 6.92 Å². The van der Waals surface area contributed by atoms with Crippen molar-refractivity contribution in [3.05, 3.63) is 66.0 Å². The normalized spacial score (nSPS) is 10.7. The zero-order valence-corrected chi connectivity index (χ0v) is 11.0. The largest absolute Gasteiger partial charge is 0.478 e. The highest BCUT2D eigenvalue weighted by molar-refractivity contribution is 6.01. The van der Waals surface area contributed by atoms with E-state index in [1.165, 1.54) is 0 Å². The molecule has 0 radical (unpaired) electrons. The zero-order chi connectivity index (χ0) is 14.1. The fraction of sp³-hybridized carbons (Fsp3) is 0.0588. The Balaban J connectivity index is 2.29. The van der Waals surface area contributed by atoms with Crippen molar-refractivity contribution >= 4 is 16.7 Å². The molecule has 1 heterocycles. The second-order valence-electron chi connectivity index (χ2n) is 4.73. The minimum atomic E-state index is -0.910. The molecule has 2 aromatic carbocycles. The molecule has 0 fully saturated rings. The Labute approximate surface area is 116 Å². The topological polar surface area (TPSA) is 50.2 Å². The molecule has 0 unspecified atom stereocenters. The molecule has 0 saturated heterocycles. The van der Waals surface area contributed by atoms with Gasteiger partial charge in [0.15, 0.2) is 0 Å². The van der Waals surface area contributed by atoms with Crippen LogP contribution in [0.25, 0.3) is 21.9 Å². The summed E-state index contributed by atoms with van der Waals surface area (Å²) in [5, 5.41) is 11.1. The molecule has 0 aliphatic heterocycles. The monoisotopic (exact) mass is 263 g/mol. The molecule has 3 heteroatoms. The van der Waals surface area contributed by atoms with Gasteiger partial charge in [-0.2, -0.15) is 0 Å². The van der Waals surface area contributed by atoms with E-state index in [2.05, 4.69) is 4.98 Å². The van der Waals surface area contributed by atoms with Crippen LogP contribution in [-0.2, 0) is 0 Å². The summed E-state index contributed by atoms with van der Waals surface area (Å²) in [6.07, 6.45) is 1.77. The molecule has 3 nitrogen and oxygen atoms in total. The van der Waals surface area contributed by atoms with Gasteiger partial charge in [0.25, 0.3) is 0 Å². The van der Waals surface area contributed by atoms with Crippen LogP contribution >= 0.6 is 0 Å². The summed E-state index contributed by atoms with van der Waals surface area (Å²) in [7, 11) is 0. The lowest BCUT2D eigenvalue weighted by Gasteiger charge is -2.08. The first-order chi connectivity index (χ1) is 9.65. The first-order valence-corrected chi connectivity index (χ1v) is 6.34. The minimum absolute atomic E-state index is 0.302. The fourth-order valence-corrected chi connectivity index (χ4v) is 2.37. The molecule has 0 amide bonds. The Hall–Kier alpha value is -2.68. The molecule has 3 aromatic rings. The van der Waals surface area contributed by atoms with Gasteiger partial charge in [-0.3, -0.25) is 4.98 Å². The van der Waals surface area contributed by atoms with E-state index in [1.54, 1.807) is 18.3 Å². The second-order valence-corrected chi connectivity index (χ2v) is 4.73. The maximum Gasteiger partial charge on any atom is 0.335 e. The number of carboxylic acids is 1. The molecule has 20 heavy (non-hydrogen) atoms. The molecule has 0 bridgehead atoms. The van der Waals surface area contributed by atoms with E-state index in [0.717, 1.165) is 27.6 Å². The molecule has 0 spiro atoms. The van der Waals surface area contributed by atoms with Crippen LogP contribution in [0.15, 0.2) is 54.7 Å². The lowest BCUT2D eigenvalue weighted by Crippen LogP contribution is -1.95. The molecule has 0 aliphatic carbocycles. The number of pyridine rings is 1. The van der Waals surface area contributed by atoms with Gasteiger partial charge >= 0.3 is 5.97 Å². The maximum atomic E-state index is 11.1. The summed E-state index contributed by atoms with van der Waals surface area (Å²) in [5.74, 6) is -0.910. The number of fused-ring (bicyclic) bond motifs is 1. The van der Waals surface area contributed by atoms with Gasteiger partial charge in [-0.25, -0.2) is 4.79 Å². The van der Waals surface area contributed by atoms with Crippen molar-refractivity contribution < 1.29 is 9.90 Å². The van der Waals surface area contributed by atoms with Crippen LogP contribution < -0.4 is 0 Å². The number of nitrogens with zero attached hydrogens (tertiary/aromatic N) is 1. The predicted molar refractivity (Wildman–Crippen MR) is 78.9 cm³/mol. The van der Waals surface area contributed by atoms with Gasteiger partial charge in [0, 0.05) is 11.9 Å². The van der Waals surface area contributed by atoms with Crippen LogP contribution in [0, 0.1) is 6.92 Å². The van der Waals surface area contributed by atoms with E-state index in [1.807, 2.05) is 43.3 Å².